The van der Waals surface area contributed by atoms with Crippen molar-refractivity contribution in [1.29, 1.82) is 0 Å². The highest BCUT2D eigenvalue weighted by atomic mass is 32.2. The molecule has 1 atom stereocenters. The van der Waals surface area contributed by atoms with Crippen molar-refractivity contribution in [2.24, 2.45) is 0 Å². The van der Waals surface area contributed by atoms with Gasteiger partial charge in [0.15, 0.2) is 15.6 Å². The highest BCUT2D eigenvalue weighted by Gasteiger charge is 2.31. The largest absolute Gasteiger partial charge is 0.359 e. The van der Waals surface area contributed by atoms with Gasteiger partial charge in [-0.15, -0.1) is 0 Å². The van der Waals surface area contributed by atoms with E-state index in [9.17, 15) is 13.2 Å². The minimum absolute atomic E-state index is 0.0716. The Bertz CT molecular complexity index is 596. The van der Waals surface area contributed by atoms with E-state index in [4.69, 9.17) is 4.52 Å². The molecule has 2 rings (SSSR count). The van der Waals surface area contributed by atoms with Gasteiger partial charge in [0.05, 0.1) is 30.3 Å². The molecule has 1 N–H and O–H groups in total. The first-order chi connectivity index (χ1) is 9.89. The van der Waals surface area contributed by atoms with Crippen molar-refractivity contribution in [2.75, 3.05) is 25.1 Å². The van der Waals surface area contributed by atoms with Crippen molar-refractivity contribution in [2.45, 2.75) is 32.4 Å². The van der Waals surface area contributed by atoms with Crippen LogP contribution in [0.5, 0.6) is 0 Å². The summed E-state index contributed by atoms with van der Waals surface area (Å²) in [5, 5.41) is 6.60. The summed E-state index contributed by atoms with van der Waals surface area (Å²) in [7, 11) is -1.16. The molecule has 21 heavy (non-hydrogen) atoms. The van der Waals surface area contributed by atoms with Crippen molar-refractivity contribution >= 4 is 15.7 Å². The van der Waals surface area contributed by atoms with Gasteiger partial charge in [0, 0.05) is 12.1 Å². The van der Waals surface area contributed by atoms with E-state index in [0.717, 1.165) is 12.1 Å². The summed E-state index contributed by atoms with van der Waals surface area (Å²) >= 11 is 0. The molecule has 0 spiro atoms. The average molecular weight is 315 g/mol. The lowest BCUT2D eigenvalue weighted by Crippen LogP contribution is -2.40. The quantitative estimate of drug-likeness (QED) is 0.792. The van der Waals surface area contributed by atoms with Gasteiger partial charge in [0.2, 0.25) is 5.91 Å². The number of aromatic nitrogens is 1. The second kappa shape index (κ2) is 6.57. The van der Waals surface area contributed by atoms with Crippen LogP contribution in [0.25, 0.3) is 0 Å². The van der Waals surface area contributed by atoms with Gasteiger partial charge in [-0.2, -0.15) is 0 Å². The van der Waals surface area contributed by atoms with Crippen molar-refractivity contribution < 1.29 is 17.7 Å². The third-order valence-electron chi connectivity index (χ3n) is 3.65. The van der Waals surface area contributed by atoms with Crippen LogP contribution in [0, 0.1) is 0 Å². The van der Waals surface area contributed by atoms with Gasteiger partial charge < -0.3 is 9.84 Å². The Morgan fingerprint density at radius 2 is 2.33 bits per heavy atom. The number of rotatable bonds is 6. The lowest BCUT2D eigenvalue weighted by atomic mass is 10.2. The molecule has 1 saturated heterocycles. The molecule has 2 heterocycles. The average Bonchev–Trinajstić information content (AvgIpc) is 3.02. The van der Waals surface area contributed by atoms with Crippen molar-refractivity contribution in [3.63, 3.8) is 0 Å². The second-order valence-electron chi connectivity index (χ2n) is 5.39. The first-order valence-electron chi connectivity index (χ1n) is 7.01. The summed E-state index contributed by atoms with van der Waals surface area (Å²) in [6.07, 6.45) is 1.38. The summed E-state index contributed by atoms with van der Waals surface area (Å²) in [6.45, 7) is 2.45. The predicted octanol–water partition coefficient (Wildman–Crippen LogP) is -0.0279. The molecule has 1 aromatic rings. The lowest BCUT2D eigenvalue weighted by Gasteiger charge is -2.22. The summed E-state index contributed by atoms with van der Waals surface area (Å²) in [5.41, 5.74) is 0.854. The Kier molecular flexibility index (Phi) is 5.00. The zero-order valence-corrected chi connectivity index (χ0v) is 13.1. The molecule has 1 aromatic heterocycles. The van der Waals surface area contributed by atoms with Gasteiger partial charge in [0.1, 0.15) is 0 Å². The number of nitrogens with one attached hydrogen (secondary N) is 1. The Labute approximate surface area is 124 Å². The number of hydrogen-bond acceptors (Lipinski definition) is 6. The first-order valence-corrected chi connectivity index (χ1v) is 8.83. The van der Waals surface area contributed by atoms with E-state index in [-0.39, 0.29) is 30.0 Å². The fourth-order valence-corrected chi connectivity index (χ4v) is 4.13. The lowest BCUT2D eigenvalue weighted by molar-refractivity contribution is -0.122. The Morgan fingerprint density at radius 3 is 2.90 bits per heavy atom. The SMILES string of the molecule is CCc1cc(CNC(=O)CN(C)C2CCS(=O)(=O)C2)on1. The van der Waals surface area contributed by atoms with Gasteiger partial charge in [-0.1, -0.05) is 12.1 Å². The van der Waals surface area contributed by atoms with Crippen molar-refractivity contribution in [1.82, 2.24) is 15.4 Å². The number of carbonyl (C=O) groups excluding carboxylic acids is 1. The fraction of sp³-hybridized carbons (Fsp3) is 0.692. The van der Waals surface area contributed by atoms with Crippen LogP contribution in [-0.2, 0) is 27.6 Å². The Morgan fingerprint density at radius 1 is 1.57 bits per heavy atom. The monoisotopic (exact) mass is 315 g/mol. The molecule has 0 bridgehead atoms. The van der Waals surface area contributed by atoms with Crippen LogP contribution < -0.4 is 5.32 Å². The Hall–Kier alpha value is -1.41. The van der Waals surface area contributed by atoms with Crippen molar-refractivity contribution in [3.8, 4) is 0 Å². The van der Waals surface area contributed by atoms with Crippen LogP contribution in [0.1, 0.15) is 24.8 Å². The summed E-state index contributed by atoms with van der Waals surface area (Å²) < 4.78 is 27.9. The van der Waals surface area contributed by atoms with Crippen LogP contribution in [0.3, 0.4) is 0 Å². The van der Waals surface area contributed by atoms with Crippen LogP contribution in [0.4, 0.5) is 0 Å². The molecule has 1 unspecified atom stereocenters. The minimum Gasteiger partial charge on any atom is -0.359 e. The number of sulfone groups is 1. The Balaban J connectivity index is 1.76. The van der Waals surface area contributed by atoms with E-state index in [1.807, 2.05) is 13.0 Å². The van der Waals surface area contributed by atoms with E-state index in [1.54, 1.807) is 11.9 Å². The number of amides is 1. The van der Waals surface area contributed by atoms with Gasteiger partial charge >= 0.3 is 0 Å². The third kappa shape index (κ3) is 4.53. The molecule has 0 aliphatic carbocycles. The van der Waals surface area contributed by atoms with Crippen LogP contribution in [0.15, 0.2) is 10.6 Å². The predicted molar refractivity (Wildman–Crippen MR) is 77.4 cm³/mol. The van der Waals surface area contributed by atoms with E-state index in [1.165, 1.54) is 0 Å². The number of aryl methyl sites for hydroxylation is 1. The summed E-state index contributed by atoms with van der Waals surface area (Å²) in [5.74, 6) is 0.808. The third-order valence-corrected chi connectivity index (χ3v) is 5.40. The molecule has 1 fully saturated rings. The number of carbonyl (C=O) groups is 1. The number of likely N-dealkylation sites (N-methyl/N-ethyl adjacent to an activating group) is 1. The van der Waals surface area contributed by atoms with E-state index >= 15 is 0 Å². The molecule has 1 aliphatic rings. The highest BCUT2D eigenvalue weighted by molar-refractivity contribution is 7.91. The molecular formula is C13H21N3O4S. The molecular weight excluding hydrogens is 294 g/mol. The molecule has 0 aromatic carbocycles. The van der Waals surface area contributed by atoms with E-state index < -0.39 is 9.84 Å². The second-order valence-corrected chi connectivity index (χ2v) is 7.62. The summed E-state index contributed by atoms with van der Waals surface area (Å²) in [6, 6.07) is 1.74. The normalized spacial score (nSPS) is 20.8. The molecule has 118 valence electrons. The van der Waals surface area contributed by atoms with Gasteiger partial charge in [-0.25, -0.2) is 8.42 Å². The van der Waals surface area contributed by atoms with E-state index in [2.05, 4.69) is 10.5 Å². The molecule has 7 nitrogen and oxygen atoms in total. The zero-order chi connectivity index (χ0) is 15.5. The maximum Gasteiger partial charge on any atom is 0.234 e. The van der Waals surface area contributed by atoms with Crippen LogP contribution in [0.2, 0.25) is 0 Å². The summed E-state index contributed by atoms with van der Waals surface area (Å²) in [4.78, 5) is 13.6. The first kappa shape index (κ1) is 16.0. The highest BCUT2D eigenvalue weighted by Crippen LogP contribution is 2.16. The van der Waals surface area contributed by atoms with Crippen LogP contribution in [-0.4, -0.2) is 55.5 Å². The van der Waals surface area contributed by atoms with Crippen molar-refractivity contribution in [3.05, 3.63) is 17.5 Å². The fourth-order valence-electron chi connectivity index (χ4n) is 2.33. The number of nitrogens with zero attached hydrogens (tertiary/aromatic N) is 2. The molecule has 0 radical (unpaired) electrons. The maximum atomic E-state index is 11.9. The van der Waals surface area contributed by atoms with Gasteiger partial charge in [-0.05, 0) is 19.9 Å². The molecule has 8 heteroatoms. The molecule has 1 amide bonds. The molecule has 1 aliphatic heterocycles. The zero-order valence-electron chi connectivity index (χ0n) is 12.3. The maximum absolute atomic E-state index is 11.9. The smallest absolute Gasteiger partial charge is 0.234 e. The van der Waals surface area contributed by atoms with Gasteiger partial charge in [-0.3, -0.25) is 9.69 Å². The number of hydrogen-bond donors (Lipinski definition) is 1. The van der Waals surface area contributed by atoms with Crippen LogP contribution >= 0.6 is 0 Å². The standard InChI is InChI=1S/C13H21N3O4S/c1-3-10-6-12(20-15-10)7-14-13(17)8-16(2)11-4-5-21(18,19)9-11/h6,11H,3-5,7-9H2,1-2H3,(H,14,17). The van der Waals surface area contributed by atoms with Gasteiger partial charge in [0.25, 0.3) is 0 Å². The van der Waals surface area contributed by atoms with E-state index in [0.29, 0.717) is 18.7 Å². The minimum atomic E-state index is -2.93. The topological polar surface area (TPSA) is 92.5 Å². The molecule has 0 saturated carbocycles.